The molecule has 76 valence electrons. The first-order valence-corrected chi connectivity index (χ1v) is 5.60. The van der Waals surface area contributed by atoms with Gasteiger partial charge < -0.3 is 15.2 Å². The van der Waals surface area contributed by atoms with Gasteiger partial charge in [0.05, 0.1) is 19.1 Å². The zero-order valence-corrected chi connectivity index (χ0v) is 8.30. The van der Waals surface area contributed by atoms with Crippen LogP contribution in [0.25, 0.3) is 0 Å². The molecule has 0 saturated carbocycles. The molecule has 2 heterocycles. The number of hydroxylamine groups is 3. The van der Waals surface area contributed by atoms with Crippen molar-refractivity contribution in [3.63, 3.8) is 0 Å². The number of nitrogens with one attached hydrogen (secondary N) is 1. The molecule has 0 spiro atoms. The number of piperidine rings is 2. The summed E-state index contributed by atoms with van der Waals surface area (Å²) < 4.78 is 0.127. The number of quaternary nitrogens is 1. The normalized spacial score (nSPS) is 30.2. The molecule has 2 aliphatic rings. The van der Waals surface area contributed by atoms with Crippen molar-refractivity contribution in [1.29, 1.82) is 0 Å². The van der Waals surface area contributed by atoms with Crippen molar-refractivity contribution in [3.8, 4) is 0 Å². The van der Waals surface area contributed by atoms with Crippen LogP contribution in [0.4, 0.5) is 0 Å². The van der Waals surface area contributed by atoms with E-state index in [2.05, 4.69) is 5.32 Å². The molecule has 0 aliphatic carbocycles. The molecule has 2 aliphatic heterocycles. The van der Waals surface area contributed by atoms with Crippen LogP contribution in [0.1, 0.15) is 32.1 Å². The van der Waals surface area contributed by atoms with Crippen LogP contribution in [-0.4, -0.2) is 36.9 Å². The maximum absolute atomic E-state index is 12.4. The monoisotopic (exact) mass is 184 g/mol. The van der Waals surface area contributed by atoms with E-state index in [-0.39, 0.29) is 4.65 Å². The van der Waals surface area contributed by atoms with Crippen LogP contribution in [-0.2, 0) is 0 Å². The molecule has 2 saturated heterocycles. The van der Waals surface area contributed by atoms with Crippen LogP contribution in [0.5, 0.6) is 0 Å². The van der Waals surface area contributed by atoms with Gasteiger partial charge >= 0.3 is 0 Å². The summed E-state index contributed by atoms with van der Waals surface area (Å²) in [4.78, 5) is 0. The summed E-state index contributed by atoms with van der Waals surface area (Å²) in [6.45, 7) is 3.86. The molecule has 0 aromatic carbocycles. The largest absolute Gasteiger partial charge is 0.633 e. The number of hydrogen-bond acceptors (Lipinski definition) is 2. The van der Waals surface area contributed by atoms with Gasteiger partial charge in [0.1, 0.15) is 0 Å². The molecule has 0 amide bonds. The van der Waals surface area contributed by atoms with Crippen molar-refractivity contribution in [2.75, 3.05) is 26.2 Å². The van der Waals surface area contributed by atoms with E-state index >= 15 is 0 Å². The van der Waals surface area contributed by atoms with E-state index in [0.717, 1.165) is 51.9 Å². The predicted molar refractivity (Wildman–Crippen MR) is 53.1 cm³/mol. The van der Waals surface area contributed by atoms with Gasteiger partial charge in [0, 0.05) is 25.9 Å². The zero-order chi connectivity index (χ0) is 9.15. The minimum absolute atomic E-state index is 0.127. The summed E-state index contributed by atoms with van der Waals surface area (Å²) in [6.07, 6.45) is 5.74. The standard InChI is InChI=1S/C10H20N2O/c13-12(8-2-1-3-9-12)10-4-6-11-7-5-10/h10-11H,1-9H2. The van der Waals surface area contributed by atoms with Crippen LogP contribution in [0, 0.1) is 5.21 Å². The maximum Gasteiger partial charge on any atom is 0.0912 e. The SMILES string of the molecule is [O-][N+]1(C2CCNCC2)CCCCC1. The van der Waals surface area contributed by atoms with Crippen molar-refractivity contribution < 1.29 is 4.65 Å². The Balaban J connectivity index is 1.94. The highest BCUT2D eigenvalue weighted by atomic mass is 16.5. The average molecular weight is 184 g/mol. The molecule has 2 rings (SSSR count). The highest BCUT2D eigenvalue weighted by Crippen LogP contribution is 2.25. The minimum atomic E-state index is 0.127. The van der Waals surface area contributed by atoms with Crippen LogP contribution < -0.4 is 5.32 Å². The van der Waals surface area contributed by atoms with Gasteiger partial charge in [-0.25, -0.2) is 0 Å². The third-order valence-electron chi connectivity index (χ3n) is 3.55. The molecule has 0 aromatic heterocycles. The molecule has 0 bridgehead atoms. The summed E-state index contributed by atoms with van der Waals surface area (Å²) in [6, 6.07) is 0.404. The Morgan fingerprint density at radius 2 is 1.62 bits per heavy atom. The lowest BCUT2D eigenvalue weighted by atomic mass is 10.0. The quantitative estimate of drug-likeness (QED) is 0.491. The van der Waals surface area contributed by atoms with Gasteiger partial charge in [0.25, 0.3) is 0 Å². The number of hydrogen-bond donors (Lipinski definition) is 1. The van der Waals surface area contributed by atoms with Gasteiger partial charge in [-0.2, -0.15) is 0 Å². The lowest BCUT2D eigenvalue weighted by Gasteiger charge is -2.52. The minimum Gasteiger partial charge on any atom is -0.633 e. The second-order valence-electron chi connectivity index (χ2n) is 4.44. The summed E-state index contributed by atoms with van der Waals surface area (Å²) >= 11 is 0. The van der Waals surface area contributed by atoms with Crippen LogP contribution >= 0.6 is 0 Å². The molecule has 0 aromatic rings. The topological polar surface area (TPSA) is 35.1 Å². The molecule has 0 radical (unpaired) electrons. The predicted octanol–water partition coefficient (Wildman–Crippen LogP) is 1.24. The smallest absolute Gasteiger partial charge is 0.0912 e. The molecular formula is C10H20N2O. The van der Waals surface area contributed by atoms with Crippen molar-refractivity contribution in [2.45, 2.75) is 38.1 Å². The Morgan fingerprint density at radius 3 is 2.23 bits per heavy atom. The van der Waals surface area contributed by atoms with Crippen molar-refractivity contribution >= 4 is 0 Å². The first-order chi connectivity index (χ1) is 6.31. The van der Waals surface area contributed by atoms with Crippen LogP contribution in [0.15, 0.2) is 0 Å². The highest BCUT2D eigenvalue weighted by Gasteiger charge is 2.31. The third kappa shape index (κ3) is 2.03. The highest BCUT2D eigenvalue weighted by molar-refractivity contribution is 4.72. The average Bonchev–Trinajstić information content (AvgIpc) is 2.20. The lowest BCUT2D eigenvalue weighted by Crippen LogP contribution is -2.56. The molecular weight excluding hydrogens is 164 g/mol. The Kier molecular flexibility index (Phi) is 2.86. The van der Waals surface area contributed by atoms with E-state index in [1.165, 1.54) is 6.42 Å². The maximum atomic E-state index is 12.4. The van der Waals surface area contributed by atoms with E-state index in [4.69, 9.17) is 0 Å². The van der Waals surface area contributed by atoms with E-state index in [0.29, 0.717) is 6.04 Å². The summed E-state index contributed by atoms with van der Waals surface area (Å²) in [5.41, 5.74) is 0. The molecule has 13 heavy (non-hydrogen) atoms. The number of rotatable bonds is 1. The molecule has 3 heteroatoms. The lowest BCUT2D eigenvalue weighted by molar-refractivity contribution is -0.911. The first-order valence-electron chi connectivity index (χ1n) is 5.60. The Bertz CT molecular complexity index is 160. The fourth-order valence-corrected chi connectivity index (χ4v) is 2.69. The Labute approximate surface area is 80.3 Å². The summed E-state index contributed by atoms with van der Waals surface area (Å²) in [7, 11) is 0. The van der Waals surface area contributed by atoms with Crippen molar-refractivity contribution in [2.24, 2.45) is 0 Å². The second kappa shape index (κ2) is 3.95. The Morgan fingerprint density at radius 1 is 1.00 bits per heavy atom. The van der Waals surface area contributed by atoms with Crippen LogP contribution in [0.3, 0.4) is 0 Å². The zero-order valence-electron chi connectivity index (χ0n) is 8.30. The molecule has 0 atom stereocenters. The van der Waals surface area contributed by atoms with Crippen molar-refractivity contribution in [3.05, 3.63) is 5.21 Å². The van der Waals surface area contributed by atoms with Gasteiger partial charge in [-0.3, -0.25) is 0 Å². The number of nitrogens with zero attached hydrogens (tertiary/aromatic N) is 1. The van der Waals surface area contributed by atoms with E-state index in [9.17, 15) is 5.21 Å². The van der Waals surface area contributed by atoms with Gasteiger partial charge in [-0.05, 0) is 19.3 Å². The molecule has 3 nitrogen and oxygen atoms in total. The van der Waals surface area contributed by atoms with Gasteiger partial charge in [0.2, 0.25) is 0 Å². The van der Waals surface area contributed by atoms with E-state index in [1.807, 2.05) is 0 Å². The van der Waals surface area contributed by atoms with Gasteiger partial charge in [-0.15, -0.1) is 0 Å². The van der Waals surface area contributed by atoms with E-state index < -0.39 is 0 Å². The molecule has 0 unspecified atom stereocenters. The third-order valence-corrected chi connectivity index (χ3v) is 3.55. The first kappa shape index (κ1) is 9.44. The fraction of sp³-hybridized carbons (Fsp3) is 1.00. The molecule has 1 N–H and O–H groups in total. The summed E-state index contributed by atoms with van der Waals surface area (Å²) in [5, 5.41) is 15.7. The van der Waals surface area contributed by atoms with Crippen molar-refractivity contribution in [1.82, 2.24) is 5.32 Å². The second-order valence-corrected chi connectivity index (χ2v) is 4.44. The van der Waals surface area contributed by atoms with Gasteiger partial charge in [0.15, 0.2) is 0 Å². The van der Waals surface area contributed by atoms with Crippen LogP contribution in [0.2, 0.25) is 0 Å². The number of likely N-dealkylation sites (tertiary alicyclic amines) is 1. The Hall–Kier alpha value is -0.120. The molecule has 2 fully saturated rings. The summed E-state index contributed by atoms with van der Waals surface area (Å²) in [5.74, 6) is 0. The fourth-order valence-electron chi connectivity index (χ4n) is 2.69. The van der Waals surface area contributed by atoms with E-state index in [1.54, 1.807) is 0 Å². The van der Waals surface area contributed by atoms with Gasteiger partial charge in [-0.1, -0.05) is 0 Å².